The number of benzene rings is 1. The summed E-state index contributed by atoms with van der Waals surface area (Å²) in [5.74, 6) is -1.22. The van der Waals surface area contributed by atoms with Crippen LogP contribution < -0.4 is 4.74 Å². The maximum absolute atomic E-state index is 13.5. The Morgan fingerprint density at radius 3 is 2.71 bits per heavy atom. The average molecular weight is 422 g/mol. The SMILES string of the molecule is COCCCN1C(=O)C(O)=C(C(=O)c2cc3cccc(OC)c3o2)C1c1ccncc1. The van der Waals surface area contributed by atoms with Gasteiger partial charge in [0.25, 0.3) is 5.91 Å². The van der Waals surface area contributed by atoms with Gasteiger partial charge in [-0.3, -0.25) is 14.6 Å². The molecule has 1 aliphatic rings. The van der Waals surface area contributed by atoms with Crippen LogP contribution in [0.25, 0.3) is 11.0 Å². The van der Waals surface area contributed by atoms with Crippen molar-refractivity contribution in [2.45, 2.75) is 12.5 Å². The smallest absolute Gasteiger partial charge is 0.290 e. The lowest BCUT2D eigenvalue weighted by atomic mass is 9.95. The molecular weight excluding hydrogens is 400 g/mol. The van der Waals surface area contributed by atoms with E-state index in [4.69, 9.17) is 13.9 Å². The molecule has 1 amide bonds. The Labute approximate surface area is 178 Å². The summed E-state index contributed by atoms with van der Waals surface area (Å²) in [5.41, 5.74) is 1.07. The lowest BCUT2D eigenvalue weighted by Gasteiger charge is -2.26. The van der Waals surface area contributed by atoms with Gasteiger partial charge in [-0.15, -0.1) is 0 Å². The lowest BCUT2D eigenvalue weighted by Crippen LogP contribution is -2.32. The summed E-state index contributed by atoms with van der Waals surface area (Å²) in [6.45, 7) is 0.759. The Bertz CT molecular complexity index is 1150. The third-order valence-corrected chi connectivity index (χ3v) is 5.27. The van der Waals surface area contributed by atoms with E-state index in [9.17, 15) is 14.7 Å². The lowest BCUT2D eigenvalue weighted by molar-refractivity contribution is -0.129. The molecule has 0 aliphatic carbocycles. The maximum atomic E-state index is 13.5. The molecule has 3 heterocycles. The maximum Gasteiger partial charge on any atom is 0.290 e. The molecule has 8 heteroatoms. The molecule has 160 valence electrons. The molecular formula is C23H22N2O6. The number of ketones is 1. The van der Waals surface area contributed by atoms with E-state index >= 15 is 0 Å². The van der Waals surface area contributed by atoms with Gasteiger partial charge in [-0.05, 0) is 36.2 Å². The fraction of sp³-hybridized carbons (Fsp3) is 0.261. The van der Waals surface area contributed by atoms with Gasteiger partial charge in [0.05, 0.1) is 18.7 Å². The third kappa shape index (κ3) is 3.66. The fourth-order valence-electron chi connectivity index (χ4n) is 3.83. The number of rotatable bonds is 8. The number of furan rings is 1. The molecule has 1 aliphatic heterocycles. The van der Waals surface area contributed by atoms with Gasteiger partial charge in [-0.2, -0.15) is 0 Å². The standard InChI is InChI=1S/C23H22N2O6/c1-29-12-4-11-25-19(14-7-9-24-10-8-14)18(21(27)23(25)28)20(26)17-13-15-5-3-6-16(30-2)22(15)31-17/h3,5-10,13,19,27H,4,11-12H2,1-2H3. The largest absolute Gasteiger partial charge is 0.503 e. The molecule has 0 spiro atoms. The minimum Gasteiger partial charge on any atom is -0.503 e. The van der Waals surface area contributed by atoms with Crippen LogP contribution in [0.1, 0.15) is 28.6 Å². The van der Waals surface area contributed by atoms with Gasteiger partial charge >= 0.3 is 0 Å². The number of carbonyl (C=O) groups is 2. The van der Waals surface area contributed by atoms with Crippen molar-refractivity contribution in [1.29, 1.82) is 0 Å². The van der Waals surface area contributed by atoms with E-state index in [0.29, 0.717) is 41.9 Å². The monoisotopic (exact) mass is 422 g/mol. The first-order chi connectivity index (χ1) is 15.1. The zero-order valence-corrected chi connectivity index (χ0v) is 17.2. The minimum atomic E-state index is -0.755. The Morgan fingerprint density at radius 2 is 2.00 bits per heavy atom. The molecule has 0 bridgehead atoms. The van der Waals surface area contributed by atoms with Crippen molar-refractivity contribution in [3.05, 3.63) is 71.4 Å². The fourth-order valence-corrected chi connectivity index (χ4v) is 3.83. The first kappa shape index (κ1) is 20.6. The number of pyridine rings is 1. The van der Waals surface area contributed by atoms with Crippen LogP contribution in [0.2, 0.25) is 0 Å². The van der Waals surface area contributed by atoms with Gasteiger partial charge in [0.2, 0.25) is 5.78 Å². The molecule has 1 unspecified atom stereocenters. The van der Waals surface area contributed by atoms with Crippen LogP contribution in [0.5, 0.6) is 5.75 Å². The molecule has 0 saturated carbocycles. The topological polar surface area (TPSA) is 102 Å². The number of ether oxygens (including phenoxy) is 2. The van der Waals surface area contributed by atoms with Crippen LogP contribution in [0.4, 0.5) is 0 Å². The molecule has 4 rings (SSSR count). The van der Waals surface area contributed by atoms with Crippen LogP contribution in [-0.2, 0) is 9.53 Å². The molecule has 0 saturated heterocycles. The second kappa shape index (κ2) is 8.61. The highest BCUT2D eigenvalue weighted by atomic mass is 16.5. The van der Waals surface area contributed by atoms with E-state index in [2.05, 4.69) is 4.98 Å². The van der Waals surface area contributed by atoms with Crippen molar-refractivity contribution in [2.24, 2.45) is 0 Å². The molecule has 1 N–H and O–H groups in total. The van der Waals surface area contributed by atoms with Gasteiger partial charge in [0.15, 0.2) is 22.9 Å². The molecule has 2 aromatic heterocycles. The summed E-state index contributed by atoms with van der Waals surface area (Å²) in [4.78, 5) is 31.8. The molecule has 0 radical (unpaired) electrons. The quantitative estimate of drug-likeness (QED) is 0.438. The number of aliphatic hydroxyl groups excluding tert-OH is 1. The summed E-state index contributed by atoms with van der Waals surface area (Å²) < 4.78 is 16.2. The van der Waals surface area contributed by atoms with Crippen LogP contribution in [-0.4, -0.2) is 54.1 Å². The highest BCUT2D eigenvalue weighted by Gasteiger charge is 2.44. The number of para-hydroxylation sites is 1. The highest BCUT2D eigenvalue weighted by Crippen LogP contribution is 2.40. The molecule has 1 atom stereocenters. The Balaban J connectivity index is 1.77. The van der Waals surface area contributed by atoms with Crippen LogP contribution in [0, 0.1) is 0 Å². The summed E-state index contributed by atoms with van der Waals surface area (Å²) in [6.07, 6.45) is 3.72. The van der Waals surface area contributed by atoms with Gasteiger partial charge in [0, 0.05) is 38.0 Å². The van der Waals surface area contributed by atoms with Crippen molar-refractivity contribution < 1.29 is 28.6 Å². The van der Waals surface area contributed by atoms with Crippen molar-refractivity contribution in [3.63, 3.8) is 0 Å². The van der Waals surface area contributed by atoms with E-state index in [1.54, 1.807) is 55.9 Å². The number of carbonyl (C=O) groups excluding carboxylic acids is 2. The number of aliphatic hydroxyl groups is 1. The number of Topliss-reactive ketones (excluding diaryl/α,β-unsaturated/α-hetero) is 1. The van der Waals surface area contributed by atoms with Crippen LogP contribution in [0.3, 0.4) is 0 Å². The van der Waals surface area contributed by atoms with E-state index in [1.165, 1.54) is 12.0 Å². The summed E-state index contributed by atoms with van der Waals surface area (Å²) in [6, 6.07) is 9.58. The molecule has 8 nitrogen and oxygen atoms in total. The molecule has 31 heavy (non-hydrogen) atoms. The highest BCUT2D eigenvalue weighted by molar-refractivity contribution is 6.16. The second-order valence-electron chi connectivity index (χ2n) is 7.11. The van der Waals surface area contributed by atoms with Crippen molar-refractivity contribution in [1.82, 2.24) is 9.88 Å². The third-order valence-electron chi connectivity index (χ3n) is 5.27. The number of amides is 1. The van der Waals surface area contributed by atoms with Gasteiger partial charge < -0.3 is 23.9 Å². The van der Waals surface area contributed by atoms with Crippen molar-refractivity contribution in [3.8, 4) is 5.75 Å². The van der Waals surface area contributed by atoms with Crippen LogP contribution in [0.15, 0.2) is 64.5 Å². The zero-order chi connectivity index (χ0) is 22.0. The molecule has 3 aromatic rings. The molecule has 0 fully saturated rings. The first-order valence-electron chi connectivity index (χ1n) is 9.81. The number of aromatic nitrogens is 1. The minimum absolute atomic E-state index is 0.0200. The van der Waals surface area contributed by atoms with E-state index < -0.39 is 23.5 Å². The number of fused-ring (bicyclic) bond motifs is 1. The predicted octanol–water partition coefficient (Wildman–Crippen LogP) is 3.45. The van der Waals surface area contributed by atoms with E-state index in [-0.39, 0.29) is 11.3 Å². The number of methoxy groups -OCH3 is 2. The van der Waals surface area contributed by atoms with Crippen molar-refractivity contribution in [2.75, 3.05) is 27.4 Å². The van der Waals surface area contributed by atoms with E-state index in [0.717, 1.165) is 0 Å². The normalized spacial score (nSPS) is 16.4. The first-order valence-corrected chi connectivity index (χ1v) is 9.81. The summed E-state index contributed by atoms with van der Waals surface area (Å²) in [7, 11) is 3.09. The van der Waals surface area contributed by atoms with Gasteiger partial charge in [0.1, 0.15) is 0 Å². The Hall–Kier alpha value is -3.65. The van der Waals surface area contributed by atoms with Crippen molar-refractivity contribution >= 4 is 22.7 Å². The van der Waals surface area contributed by atoms with Crippen LogP contribution >= 0.6 is 0 Å². The second-order valence-corrected chi connectivity index (χ2v) is 7.11. The average Bonchev–Trinajstić information content (AvgIpc) is 3.34. The number of nitrogens with zero attached hydrogens (tertiary/aromatic N) is 2. The Morgan fingerprint density at radius 1 is 1.23 bits per heavy atom. The molecule has 1 aromatic carbocycles. The van der Waals surface area contributed by atoms with E-state index in [1.807, 2.05) is 0 Å². The predicted molar refractivity (Wildman–Crippen MR) is 112 cm³/mol. The van der Waals surface area contributed by atoms with Gasteiger partial charge in [-0.1, -0.05) is 12.1 Å². The Kier molecular flexibility index (Phi) is 5.73. The number of hydrogen-bond acceptors (Lipinski definition) is 7. The number of hydrogen-bond donors (Lipinski definition) is 1. The zero-order valence-electron chi connectivity index (χ0n) is 17.2. The summed E-state index contributed by atoms with van der Waals surface area (Å²) in [5, 5.41) is 11.4. The summed E-state index contributed by atoms with van der Waals surface area (Å²) >= 11 is 0. The van der Waals surface area contributed by atoms with Gasteiger partial charge in [-0.25, -0.2) is 0 Å².